The van der Waals surface area contributed by atoms with Crippen LogP contribution >= 0.6 is 0 Å². The van der Waals surface area contributed by atoms with Gasteiger partial charge in [0.2, 0.25) is 0 Å². The van der Waals surface area contributed by atoms with Crippen LogP contribution in [0.4, 0.5) is 8.78 Å². The number of nitrogens with two attached hydrogens (primary N) is 1. The van der Waals surface area contributed by atoms with E-state index in [0.29, 0.717) is 24.8 Å². The number of benzene rings is 1. The number of halogens is 2. The number of aliphatic hydroxyl groups is 1. The van der Waals surface area contributed by atoms with E-state index in [-0.39, 0.29) is 6.04 Å². The Hall–Kier alpha value is -1.00. The molecule has 1 fully saturated rings. The molecule has 0 aliphatic heterocycles. The summed E-state index contributed by atoms with van der Waals surface area (Å²) in [6, 6.07) is 3.73. The van der Waals surface area contributed by atoms with Crippen LogP contribution in [0.3, 0.4) is 0 Å². The Balaban J connectivity index is 2.12. The Morgan fingerprint density at radius 3 is 2.69 bits per heavy atom. The van der Waals surface area contributed by atoms with Crippen molar-refractivity contribution < 1.29 is 13.9 Å². The summed E-state index contributed by atoms with van der Waals surface area (Å²) in [6.07, 6.45) is 2.25. The highest BCUT2D eigenvalue weighted by Crippen LogP contribution is 2.32. The van der Waals surface area contributed by atoms with Crippen molar-refractivity contribution >= 4 is 0 Å². The van der Waals surface area contributed by atoms with Crippen molar-refractivity contribution in [3.8, 4) is 0 Å². The summed E-state index contributed by atoms with van der Waals surface area (Å²) < 4.78 is 25.7. The molecule has 2 rings (SSSR count). The zero-order valence-corrected chi connectivity index (χ0v) is 8.92. The van der Waals surface area contributed by atoms with Crippen molar-refractivity contribution in [2.75, 3.05) is 0 Å². The van der Waals surface area contributed by atoms with E-state index in [4.69, 9.17) is 5.73 Å². The summed E-state index contributed by atoms with van der Waals surface area (Å²) in [5.74, 6) is -1.73. The Bertz CT molecular complexity index is 397. The monoisotopic (exact) mass is 227 g/mol. The molecule has 0 radical (unpaired) electrons. The summed E-state index contributed by atoms with van der Waals surface area (Å²) >= 11 is 0. The van der Waals surface area contributed by atoms with Crippen LogP contribution in [0.2, 0.25) is 0 Å². The maximum atomic E-state index is 13.0. The molecule has 1 aliphatic rings. The minimum atomic E-state index is -0.872. The first-order chi connectivity index (χ1) is 7.48. The average Bonchev–Trinajstić information content (AvgIpc) is 2.52. The molecular weight excluding hydrogens is 212 g/mol. The van der Waals surface area contributed by atoms with Crippen molar-refractivity contribution in [1.29, 1.82) is 0 Å². The number of rotatable bonds is 2. The highest BCUT2D eigenvalue weighted by molar-refractivity contribution is 5.20. The third kappa shape index (κ3) is 2.39. The highest BCUT2D eigenvalue weighted by Gasteiger charge is 2.35. The van der Waals surface area contributed by atoms with Gasteiger partial charge in [-0.15, -0.1) is 0 Å². The molecule has 0 aromatic heterocycles. The van der Waals surface area contributed by atoms with E-state index in [2.05, 4.69) is 0 Å². The minimum absolute atomic E-state index is 0.00953. The van der Waals surface area contributed by atoms with E-state index in [1.165, 1.54) is 6.07 Å². The molecule has 1 aromatic rings. The van der Waals surface area contributed by atoms with Gasteiger partial charge in [0.05, 0.1) is 5.60 Å². The van der Waals surface area contributed by atoms with Gasteiger partial charge in [0, 0.05) is 12.5 Å². The molecule has 16 heavy (non-hydrogen) atoms. The third-order valence-electron chi connectivity index (χ3n) is 3.14. The van der Waals surface area contributed by atoms with Crippen LogP contribution in [0.5, 0.6) is 0 Å². The maximum Gasteiger partial charge on any atom is 0.159 e. The van der Waals surface area contributed by atoms with Crippen LogP contribution in [0.1, 0.15) is 24.8 Å². The second kappa shape index (κ2) is 4.11. The molecular formula is C12H15F2NO. The zero-order valence-electron chi connectivity index (χ0n) is 8.92. The molecule has 0 amide bonds. The van der Waals surface area contributed by atoms with Gasteiger partial charge in [0.1, 0.15) is 0 Å². The van der Waals surface area contributed by atoms with Crippen molar-refractivity contribution in [1.82, 2.24) is 0 Å². The Labute approximate surface area is 93.1 Å². The smallest absolute Gasteiger partial charge is 0.159 e. The summed E-state index contributed by atoms with van der Waals surface area (Å²) in [5.41, 5.74) is 5.47. The van der Waals surface area contributed by atoms with E-state index < -0.39 is 17.2 Å². The molecule has 2 nitrogen and oxygen atoms in total. The van der Waals surface area contributed by atoms with Gasteiger partial charge in [-0.1, -0.05) is 6.07 Å². The van der Waals surface area contributed by atoms with Crippen LogP contribution in [-0.2, 0) is 6.42 Å². The van der Waals surface area contributed by atoms with Crippen LogP contribution in [-0.4, -0.2) is 16.7 Å². The first kappa shape index (κ1) is 11.5. The molecule has 2 unspecified atom stereocenters. The fourth-order valence-electron chi connectivity index (χ4n) is 2.34. The fourth-order valence-corrected chi connectivity index (χ4v) is 2.34. The molecule has 88 valence electrons. The van der Waals surface area contributed by atoms with Gasteiger partial charge in [-0.2, -0.15) is 0 Å². The van der Waals surface area contributed by atoms with E-state index in [0.717, 1.165) is 18.6 Å². The van der Waals surface area contributed by atoms with E-state index >= 15 is 0 Å². The molecule has 2 atom stereocenters. The zero-order chi connectivity index (χ0) is 11.8. The lowest BCUT2D eigenvalue weighted by atomic mass is 9.93. The predicted octanol–water partition coefficient (Wildman–Crippen LogP) is 1.75. The number of hydrogen-bond donors (Lipinski definition) is 2. The fraction of sp³-hybridized carbons (Fsp3) is 0.500. The van der Waals surface area contributed by atoms with Gasteiger partial charge < -0.3 is 10.8 Å². The molecule has 1 aromatic carbocycles. The van der Waals surface area contributed by atoms with Crippen molar-refractivity contribution in [3.63, 3.8) is 0 Å². The molecule has 1 saturated carbocycles. The Kier molecular flexibility index (Phi) is 2.95. The van der Waals surface area contributed by atoms with Gasteiger partial charge >= 0.3 is 0 Å². The van der Waals surface area contributed by atoms with Crippen molar-refractivity contribution in [2.24, 2.45) is 5.73 Å². The molecule has 3 N–H and O–H groups in total. The topological polar surface area (TPSA) is 46.2 Å². The van der Waals surface area contributed by atoms with Gasteiger partial charge in [-0.25, -0.2) is 8.78 Å². The summed E-state index contributed by atoms with van der Waals surface area (Å²) in [5, 5.41) is 10.2. The van der Waals surface area contributed by atoms with E-state index in [9.17, 15) is 13.9 Å². The summed E-state index contributed by atoms with van der Waals surface area (Å²) in [4.78, 5) is 0. The van der Waals surface area contributed by atoms with Gasteiger partial charge in [0.15, 0.2) is 11.6 Å². The molecule has 0 heterocycles. The SMILES string of the molecule is NC1CCC(O)(Cc2ccc(F)c(F)c2)C1. The van der Waals surface area contributed by atoms with Crippen LogP contribution in [0.25, 0.3) is 0 Å². The van der Waals surface area contributed by atoms with Crippen LogP contribution in [0.15, 0.2) is 18.2 Å². The van der Waals surface area contributed by atoms with Crippen LogP contribution in [0, 0.1) is 11.6 Å². The van der Waals surface area contributed by atoms with E-state index in [1.807, 2.05) is 0 Å². The Morgan fingerprint density at radius 1 is 1.38 bits per heavy atom. The predicted molar refractivity (Wildman–Crippen MR) is 56.8 cm³/mol. The molecule has 0 bridgehead atoms. The van der Waals surface area contributed by atoms with Crippen molar-refractivity contribution in [3.05, 3.63) is 35.4 Å². The normalized spacial score (nSPS) is 29.6. The molecule has 1 aliphatic carbocycles. The summed E-state index contributed by atoms with van der Waals surface area (Å²) in [6.45, 7) is 0. The first-order valence-corrected chi connectivity index (χ1v) is 5.40. The quantitative estimate of drug-likeness (QED) is 0.808. The van der Waals surface area contributed by atoms with Gasteiger partial charge in [-0.3, -0.25) is 0 Å². The van der Waals surface area contributed by atoms with Gasteiger partial charge in [-0.05, 0) is 37.0 Å². The van der Waals surface area contributed by atoms with Crippen LogP contribution < -0.4 is 5.73 Å². The molecule has 4 heteroatoms. The third-order valence-corrected chi connectivity index (χ3v) is 3.14. The molecule has 0 spiro atoms. The maximum absolute atomic E-state index is 13.0. The second-order valence-electron chi connectivity index (χ2n) is 4.65. The first-order valence-electron chi connectivity index (χ1n) is 5.40. The largest absolute Gasteiger partial charge is 0.389 e. The average molecular weight is 227 g/mol. The lowest BCUT2D eigenvalue weighted by Gasteiger charge is -2.22. The highest BCUT2D eigenvalue weighted by atomic mass is 19.2. The minimum Gasteiger partial charge on any atom is -0.389 e. The van der Waals surface area contributed by atoms with E-state index in [1.54, 1.807) is 0 Å². The number of hydrogen-bond acceptors (Lipinski definition) is 2. The Morgan fingerprint density at radius 2 is 2.12 bits per heavy atom. The standard InChI is InChI=1S/C12H15F2NO/c13-10-2-1-8(5-11(10)14)6-12(16)4-3-9(15)7-12/h1-2,5,9,16H,3-4,6-7,15H2. The van der Waals surface area contributed by atoms with Gasteiger partial charge in [0.25, 0.3) is 0 Å². The summed E-state index contributed by atoms with van der Waals surface area (Å²) in [7, 11) is 0. The van der Waals surface area contributed by atoms with Crippen molar-refractivity contribution in [2.45, 2.75) is 37.3 Å². The lowest BCUT2D eigenvalue weighted by Crippen LogP contribution is -2.30. The second-order valence-corrected chi connectivity index (χ2v) is 4.65. The lowest BCUT2D eigenvalue weighted by molar-refractivity contribution is 0.0468. The molecule has 0 saturated heterocycles.